The van der Waals surface area contributed by atoms with Crippen molar-refractivity contribution in [3.8, 4) is 0 Å². The molecule has 3 nitrogen and oxygen atoms in total. The van der Waals surface area contributed by atoms with E-state index in [1.807, 2.05) is 31.2 Å². The van der Waals surface area contributed by atoms with Gasteiger partial charge in [-0.3, -0.25) is 0 Å². The molecule has 1 aromatic rings. The molecular weight excluding hydrogens is 312 g/mol. The van der Waals surface area contributed by atoms with Crippen LogP contribution >= 0.6 is 0 Å². The lowest BCUT2D eigenvalue weighted by Crippen LogP contribution is -2.31. The number of carbonyl (C=O) groups excluding carboxylic acids is 1. The normalized spacial score (nSPS) is 30.0. The zero-order valence-electron chi connectivity index (χ0n) is 15.7. The summed E-state index contributed by atoms with van der Waals surface area (Å²) in [6.07, 6.45) is 10.1. The van der Waals surface area contributed by atoms with Crippen molar-refractivity contribution in [1.82, 2.24) is 0 Å². The van der Waals surface area contributed by atoms with E-state index in [4.69, 9.17) is 9.47 Å². The molecule has 2 fully saturated rings. The van der Waals surface area contributed by atoms with Crippen LogP contribution in [0.15, 0.2) is 24.3 Å². The van der Waals surface area contributed by atoms with Gasteiger partial charge in [-0.1, -0.05) is 17.7 Å². The van der Waals surface area contributed by atoms with Gasteiger partial charge in [-0.2, -0.15) is 0 Å². The van der Waals surface area contributed by atoms with Gasteiger partial charge >= 0.3 is 5.97 Å². The number of carbonyl (C=O) groups is 1. The number of hydrogen-bond donors (Lipinski definition) is 0. The molecule has 2 saturated carbocycles. The zero-order chi connectivity index (χ0) is 17.6. The SMILES string of the molecule is CCOC1CCC(C2CCC(OC(=O)c3cccc(C)c3)CC2)CC1. The number of hydrogen-bond acceptors (Lipinski definition) is 3. The van der Waals surface area contributed by atoms with Crippen molar-refractivity contribution in [3.05, 3.63) is 35.4 Å². The Kier molecular flexibility index (Phi) is 6.52. The standard InChI is InChI=1S/C22H32O3/c1-3-24-20-11-7-17(8-12-20)18-9-13-21(14-10-18)25-22(23)19-6-4-5-16(2)15-19/h4-6,15,17-18,20-21H,3,7-14H2,1-2H3. The van der Waals surface area contributed by atoms with Crippen LogP contribution in [0.2, 0.25) is 0 Å². The Labute approximate surface area is 152 Å². The third kappa shape index (κ3) is 5.07. The van der Waals surface area contributed by atoms with Gasteiger partial charge in [0.25, 0.3) is 0 Å². The highest BCUT2D eigenvalue weighted by Crippen LogP contribution is 2.39. The van der Waals surface area contributed by atoms with E-state index < -0.39 is 0 Å². The molecule has 0 aliphatic heterocycles. The third-order valence-corrected chi connectivity index (χ3v) is 6.03. The van der Waals surface area contributed by atoms with Gasteiger partial charge in [-0.15, -0.1) is 0 Å². The largest absolute Gasteiger partial charge is 0.459 e. The zero-order valence-corrected chi connectivity index (χ0v) is 15.7. The van der Waals surface area contributed by atoms with E-state index >= 15 is 0 Å². The molecule has 0 saturated heterocycles. The third-order valence-electron chi connectivity index (χ3n) is 6.03. The van der Waals surface area contributed by atoms with E-state index in [0.29, 0.717) is 11.7 Å². The van der Waals surface area contributed by atoms with Gasteiger partial charge in [0.1, 0.15) is 6.10 Å². The van der Waals surface area contributed by atoms with Crippen LogP contribution in [0.1, 0.15) is 74.2 Å². The highest BCUT2D eigenvalue weighted by atomic mass is 16.5. The quantitative estimate of drug-likeness (QED) is 0.679. The van der Waals surface area contributed by atoms with Crippen molar-refractivity contribution >= 4 is 5.97 Å². The van der Waals surface area contributed by atoms with Crippen LogP contribution in [0.3, 0.4) is 0 Å². The lowest BCUT2D eigenvalue weighted by Gasteiger charge is -2.37. The summed E-state index contributed by atoms with van der Waals surface area (Å²) in [5.74, 6) is 1.51. The first-order chi connectivity index (χ1) is 12.2. The smallest absolute Gasteiger partial charge is 0.338 e. The molecule has 3 rings (SSSR count). The number of esters is 1. The second-order valence-electron chi connectivity index (χ2n) is 7.80. The molecule has 138 valence electrons. The Morgan fingerprint density at radius 3 is 2.12 bits per heavy atom. The van der Waals surface area contributed by atoms with Crippen LogP contribution in [0.25, 0.3) is 0 Å². The number of benzene rings is 1. The topological polar surface area (TPSA) is 35.5 Å². The average Bonchev–Trinajstić information content (AvgIpc) is 2.63. The van der Waals surface area contributed by atoms with Crippen LogP contribution in [0, 0.1) is 18.8 Å². The number of aryl methyl sites for hydroxylation is 1. The van der Waals surface area contributed by atoms with Gasteiger partial charge in [-0.05, 0) is 89.2 Å². The molecule has 0 N–H and O–H groups in total. The molecule has 0 bridgehead atoms. The molecule has 0 unspecified atom stereocenters. The van der Waals surface area contributed by atoms with Crippen LogP contribution in [0.4, 0.5) is 0 Å². The van der Waals surface area contributed by atoms with Crippen molar-refractivity contribution in [2.45, 2.75) is 77.4 Å². The van der Waals surface area contributed by atoms with Crippen molar-refractivity contribution < 1.29 is 14.3 Å². The van der Waals surface area contributed by atoms with Crippen molar-refractivity contribution in [1.29, 1.82) is 0 Å². The molecule has 0 aromatic heterocycles. The Morgan fingerprint density at radius 1 is 0.960 bits per heavy atom. The van der Waals surface area contributed by atoms with Gasteiger partial charge in [0, 0.05) is 6.61 Å². The lowest BCUT2D eigenvalue weighted by atomic mass is 9.72. The molecule has 0 spiro atoms. The molecule has 1 aromatic carbocycles. The molecule has 2 aliphatic rings. The summed E-state index contributed by atoms with van der Waals surface area (Å²) in [5.41, 5.74) is 1.78. The van der Waals surface area contributed by atoms with E-state index in [9.17, 15) is 4.79 Å². The fourth-order valence-corrected chi connectivity index (χ4v) is 4.63. The van der Waals surface area contributed by atoms with Crippen molar-refractivity contribution in [2.75, 3.05) is 6.61 Å². The summed E-state index contributed by atoms with van der Waals surface area (Å²) in [4.78, 5) is 12.3. The van der Waals surface area contributed by atoms with Gasteiger partial charge in [0.05, 0.1) is 11.7 Å². The van der Waals surface area contributed by atoms with Crippen LogP contribution in [-0.4, -0.2) is 24.8 Å². The Balaban J connectivity index is 1.42. The van der Waals surface area contributed by atoms with Crippen LogP contribution in [-0.2, 0) is 9.47 Å². The minimum Gasteiger partial charge on any atom is -0.459 e. The predicted octanol–water partition coefficient (Wildman–Crippen LogP) is 5.31. The van der Waals surface area contributed by atoms with Gasteiger partial charge in [0.2, 0.25) is 0 Å². The van der Waals surface area contributed by atoms with E-state index in [2.05, 4.69) is 6.92 Å². The number of rotatable bonds is 5. The van der Waals surface area contributed by atoms with E-state index in [1.165, 1.54) is 38.5 Å². The maximum absolute atomic E-state index is 12.3. The minimum atomic E-state index is -0.163. The highest BCUT2D eigenvalue weighted by molar-refractivity contribution is 5.89. The maximum atomic E-state index is 12.3. The molecule has 0 amide bonds. The summed E-state index contributed by atoms with van der Waals surface area (Å²) in [7, 11) is 0. The first-order valence-corrected chi connectivity index (χ1v) is 10.0. The summed E-state index contributed by atoms with van der Waals surface area (Å²) < 4.78 is 11.5. The second-order valence-corrected chi connectivity index (χ2v) is 7.80. The summed E-state index contributed by atoms with van der Waals surface area (Å²) in [5, 5.41) is 0. The van der Waals surface area contributed by atoms with Crippen LogP contribution < -0.4 is 0 Å². The van der Waals surface area contributed by atoms with Gasteiger partial charge in [0.15, 0.2) is 0 Å². The monoisotopic (exact) mass is 344 g/mol. The van der Waals surface area contributed by atoms with Crippen molar-refractivity contribution in [3.63, 3.8) is 0 Å². The van der Waals surface area contributed by atoms with Crippen molar-refractivity contribution in [2.24, 2.45) is 11.8 Å². The molecule has 2 aliphatic carbocycles. The lowest BCUT2D eigenvalue weighted by molar-refractivity contribution is -0.00197. The van der Waals surface area contributed by atoms with Gasteiger partial charge in [-0.25, -0.2) is 4.79 Å². The van der Waals surface area contributed by atoms with Crippen LogP contribution in [0.5, 0.6) is 0 Å². The fraction of sp³-hybridized carbons (Fsp3) is 0.682. The molecule has 0 atom stereocenters. The predicted molar refractivity (Wildman–Crippen MR) is 99.7 cm³/mol. The number of ether oxygens (including phenoxy) is 2. The molecule has 3 heteroatoms. The summed E-state index contributed by atoms with van der Waals surface area (Å²) >= 11 is 0. The Morgan fingerprint density at radius 2 is 1.56 bits per heavy atom. The van der Waals surface area contributed by atoms with E-state index in [1.54, 1.807) is 0 Å². The first-order valence-electron chi connectivity index (χ1n) is 10.0. The Bertz CT molecular complexity index is 552. The first kappa shape index (κ1) is 18.4. The molecule has 0 radical (unpaired) electrons. The van der Waals surface area contributed by atoms with Gasteiger partial charge < -0.3 is 9.47 Å². The average molecular weight is 344 g/mol. The fourth-order valence-electron chi connectivity index (χ4n) is 4.63. The molecule has 0 heterocycles. The maximum Gasteiger partial charge on any atom is 0.338 e. The summed E-state index contributed by atoms with van der Waals surface area (Å²) in [6.45, 7) is 4.93. The minimum absolute atomic E-state index is 0.101. The molecule has 25 heavy (non-hydrogen) atoms. The Hall–Kier alpha value is -1.35. The highest BCUT2D eigenvalue weighted by Gasteiger charge is 2.32. The molecular formula is C22H32O3. The second kappa shape index (κ2) is 8.84. The van der Waals surface area contributed by atoms with E-state index in [-0.39, 0.29) is 12.1 Å². The summed E-state index contributed by atoms with van der Waals surface area (Å²) in [6, 6.07) is 7.67. The van der Waals surface area contributed by atoms with E-state index in [0.717, 1.165) is 36.8 Å².